The molecule has 2 aromatic rings. The molecule has 0 saturated carbocycles. The van der Waals surface area contributed by atoms with E-state index < -0.39 is 62.8 Å². The molecule has 0 saturated heterocycles. The van der Waals surface area contributed by atoms with Gasteiger partial charge in [-0.15, -0.1) is 0 Å². The molecule has 4 rings (SSSR count). The molecule has 0 bridgehead atoms. The number of rotatable bonds is 16. The maximum absolute atomic E-state index is 11.8. The van der Waals surface area contributed by atoms with E-state index in [1.54, 1.807) is 30.4 Å². The van der Waals surface area contributed by atoms with Crippen LogP contribution in [0.15, 0.2) is 94.4 Å². The van der Waals surface area contributed by atoms with Crippen molar-refractivity contribution in [2.24, 2.45) is 0 Å². The van der Waals surface area contributed by atoms with Crippen LogP contribution in [0.1, 0.15) is 64.5 Å². The number of allylic oxidation sites excluding steroid dienone is 8. The van der Waals surface area contributed by atoms with Crippen molar-refractivity contribution >= 4 is 57.6 Å². The number of hydrogen-bond donors (Lipinski definition) is 0. The van der Waals surface area contributed by atoms with E-state index in [0.29, 0.717) is 48.4 Å². The van der Waals surface area contributed by atoms with Gasteiger partial charge in [-0.2, -0.15) is 4.58 Å². The molecule has 0 N–H and O–H groups in total. The van der Waals surface area contributed by atoms with Gasteiger partial charge in [-0.1, -0.05) is 44.2 Å². The Bertz CT molecular complexity index is 2370. The Kier molecular flexibility index (Phi) is 21.9. The molecule has 0 aromatic heterocycles. The van der Waals surface area contributed by atoms with Crippen LogP contribution in [-0.2, 0) is 51.3 Å². The van der Waals surface area contributed by atoms with Crippen molar-refractivity contribution in [3.05, 3.63) is 95.8 Å². The second kappa shape index (κ2) is 22.2. The molecule has 2 aliphatic heterocycles. The minimum Gasteiger partial charge on any atom is -0.748 e. The Balaban J connectivity index is 0.00000523. The van der Waals surface area contributed by atoms with E-state index in [1.807, 2.05) is 49.3 Å². The first-order chi connectivity index (χ1) is 24.3. The summed E-state index contributed by atoms with van der Waals surface area (Å²) in [6.07, 6.45) is 13.4. The van der Waals surface area contributed by atoms with Crippen LogP contribution in [0.2, 0.25) is 0 Å². The number of hydrogen-bond acceptors (Lipinski definition) is 13. The fraction of sp³-hybridized carbons (Fsp3) is 0.400. The van der Waals surface area contributed by atoms with Crippen molar-refractivity contribution in [2.45, 2.75) is 74.0 Å². The largest absolute Gasteiger partial charge is 1.00 e. The third kappa shape index (κ3) is 14.8. The molecule has 290 valence electrons. The predicted octanol–water partition coefficient (Wildman–Crippen LogP) is -5.12. The van der Waals surface area contributed by atoms with E-state index in [-0.39, 0.29) is 177 Å². The maximum Gasteiger partial charge on any atom is 1.00 e. The van der Waals surface area contributed by atoms with Gasteiger partial charge in [-0.3, -0.25) is 0 Å². The summed E-state index contributed by atoms with van der Waals surface area (Å²) >= 11 is 0. The van der Waals surface area contributed by atoms with Crippen LogP contribution in [0, 0.1) is 0 Å². The summed E-state index contributed by atoms with van der Waals surface area (Å²) in [6, 6.07) is 8.22. The Morgan fingerprint density at radius 2 is 1.12 bits per heavy atom. The van der Waals surface area contributed by atoms with Gasteiger partial charge in [0, 0.05) is 59.0 Å². The first-order valence-electron chi connectivity index (χ1n) is 16.6. The van der Waals surface area contributed by atoms with E-state index in [4.69, 9.17) is 0 Å². The number of anilines is 1. The fourth-order valence-corrected chi connectivity index (χ4v) is 8.79. The van der Waals surface area contributed by atoms with Crippen LogP contribution in [0.25, 0.3) is 0 Å². The third-order valence-corrected chi connectivity index (χ3v) is 12.5. The topological polar surface area (TPSA) is 235 Å². The van der Waals surface area contributed by atoms with Gasteiger partial charge in [0.1, 0.15) is 26.8 Å². The number of nitrogens with zero attached hydrogens (tertiary/aromatic N) is 2. The maximum atomic E-state index is 11.8. The molecule has 0 fully saturated rings. The van der Waals surface area contributed by atoms with Crippen molar-refractivity contribution in [1.82, 2.24) is 0 Å². The summed E-state index contributed by atoms with van der Waals surface area (Å²) in [7, 11) is -18.2. The van der Waals surface area contributed by atoms with Crippen molar-refractivity contribution in [1.29, 1.82) is 0 Å². The van der Waals surface area contributed by atoms with Gasteiger partial charge in [-0.25, -0.2) is 33.7 Å². The van der Waals surface area contributed by atoms with E-state index >= 15 is 0 Å². The monoisotopic (exact) mass is 926 g/mol. The predicted molar refractivity (Wildman–Crippen MR) is 195 cm³/mol. The summed E-state index contributed by atoms with van der Waals surface area (Å²) in [5.41, 5.74) is 2.50. The van der Waals surface area contributed by atoms with Gasteiger partial charge >= 0.3 is 154 Å². The number of fused-ring (bicyclic) bond motifs is 2. The van der Waals surface area contributed by atoms with E-state index in [1.165, 1.54) is 36.4 Å². The average molecular weight is 927 g/mol. The molecule has 0 aliphatic carbocycles. The molecule has 0 radical (unpaired) electrons. The first-order valence-corrected chi connectivity index (χ1v) is 22.5. The molecule has 0 atom stereocenters. The van der Waals surface area contributed by atoms with Crippen LogP contribution in [0.3, 0.4) is 0 Å². The van der Waals surface area contributed by atoms with Crippen LogP contribution >= 0.6 is 0 Å². The zero-order valence-corrected chi connectivity index (χ0v) is 45.2. The standard InChI is InChI=1S/C35H44N2O12S4.3K/c1-34(2)28-24-26(52(44,45)46)16-18-30(28)36(20-10-12-22-50(38,39)40)32(34)14-8-6-5-7-9-15-33-35(3,4)29-25-27(53(47,48)49)17-19-31(29)37(33)21-11-13-23-51(41,42)43;;;/h5-9,14-19,24-25H,10-13,20-23H2,1-4H3,(H3-,38,39,40,41,42,43,44,45,46,47,48,49);;;/q;3*+1/p-3. The SMILES string of the molecule is CC1(C)C(/C=C/C=C/C=C/C=C2/N(CCCCS(=O)(=O)[O-])c3ccc(S(=O)(=O)[O-])cc3C2(C)C)=[N+](CCCCS(=O)(=O)[O-])c2ccc(S(=O)(=O)[O-])cc21.[K+].[K+].[K+]. The molecule has 0 amide bonds. The van der Waals surface area contributed by atoms with Gasteiger partial charge in [0.05, 0.1) is 35.4 Å². The van der Waals surface area contributed by atoms with Crippen molar-refractivity contribution in [3.8, 4) is 0 Å². The van der Waals surface area contributed by atoms with Gasteiger partial charge in [-0.05, 0) is 75.1 Å². The summed E-state index contributed by atoms with van der Waals surface area (Å²) in [4.78, 5) is 1.16. The first kappa shape index (κ1) is 55.4. The molecule has 21 heteroatoms. The molecule has 56 heavy (non-hydrogen) atoms. The van der Waals surface area contributed by atoms with E-state index in [2.05, 4.69) is 0 Å². The van der Waals surface area contributed by atoms with Crippen molar-refractivity contribution < 1.29 is 211 Å². The van der Waals surface area contributed by atoms with Crippen molar-refractivity contribution in [2.75, 3.05) is 29.5 Å². The zero-order valence-electron chi connectivity index (χ0n) is 32.6. The molecule has 2 aromatic carbocycles. The smallest absolute Gasteiger partial charge is 0.748 e. The third-order valence-electron chi connectivity index (χ3n) is 9.31. The molecule has 14 nitrogen and oxygen atoms in total. The van der Waals surface area contributed by atoms with Crippen LogP contribution < -0.4 is 159 Å². The van der Waals surface area contributed by atoms with Crippen LogP contribution in [0.4, 0.5) is 11.4 Å². The summed E-state index contributed by atoms with van der Waals surface area (Å²) < 4.78 is 139. The molecule has 2 aliphatic rings. The number of unbranched alkanes of at least 4 members (excludes halogenated alkanes) is 2. The Labute approximate surface area is 458 Å². The molecule has 0 unspecified atom stereocenters. The Morgan fingerprint density at radius 3 is 1.68 bits per heavy atom. The second-order valence-corrected chi connectivity index (χ2v) is 19.6. The van der Waals surface area contributed by atoms with Gasteiger partial charge < -0.3 is 23.1 Å². The van der Waals surface area contributed by atoms with Gasteiger partial charge in [0.25, 0.3) is 0 Å². The second-order valence-electron chi connectivity index (χ2n) is 13.8. The van der Waals surface area contributed by atoms with Crippen LogP contribution in [0.5, 0.6) is 0 Å². The summed E-state index contributed by atoms with van der Waals surface area (Å²) in [6.45, 7) is 8.13. The molecular weight excluding hydrogens is 886 g/mol. The quantitative estimate of drug-likeness (QED) is 0.0505. The fourth-order valence-electron chi connectivity index (χ4n) is 6.69. The summed E-state index contributed by atoms with van der Waals surface area (Å²) in [5.74, 6) is -1.03. The van der Waals surface area contributed by atoms with Gasteiger partial charge in [0.2, 0.25) is 5.69 Å². The van der Waals surface area contributed by atoms with Crippen LogP contribution in [-0.4, -0.2) is 86.8 Å². The van der Waals surface area contributed by atoms with E-state index in [0.717, 1.165) is 11.4 Å². The zero-order chi connectivity index (χ0) is 39.6. The minimum atomic E-state index is -4.72. The molecule has 0 spiro atoms. The summed E-state index contributed by atoms with van der Waals surface area (Å²) in [5, 5.41) is 0. The normalized spacial score (nSPS) is 17.3. The Hall–Kier alpha value is 1.42. The Morgan fingerprint density at radius 1 is 0.625 bits per heavy atom. The molecular formula is C35H41K3N2O12S4. The van der Waals surface area contributed by atoms with Gasteiger partial charge in [0.15, 0.2) is 5.71 Å². The average Bonchev–Trinajstić information content (AvgIpc) is 3.36. The minimum absolute atomic E-state index is 0. The van der Waals surface area contributed by atoms with Crippen molar-refractivity contribution in [3.63, 3.8) is 0 Å². The molecule has 2 heterocycles. The van der Waals surface area contributed by atoms with E-state index in [9.17, 15) is 51.9 Å². The number of benzene rings is 2.